The van der Waals surface area contributed by atoms with E-state index < -0.39 is 0 Å². The third-order valence-electron chi connectivity index (χ3n) is 3.68. The third kappa shape index (κ3) is 5.87. The number of hydrogen-bond donors (Lipinski definition) is 1. The molecule has 1 amide bonds. The van der Waals surface area contributed by atoms with E-state index in [2.05, 4.69) is 42.0 Å². The quantitative estimate of drug-likeness (QED) is 0.742. The molecule has 2 aromatic rings. The van der Waals surface area contributed by atoms with Crippen LogP contribution in [0.3, 0.4) is 0 Å². The molecular formula is C20H24BrNO3. The molecule has 2 aromatic carbocycles. The van der Waals surface area contributed by atoms with Gasteiger partial charge < -0.3 is 14.8 Å². The lowest BCUT2D eigenvalue weighted by Crippen LogP contribution is -2.20. The summed E-state index contributed by atoms with van der Waals surface area (Å²) in [7, 11) is 1.64. The molecule has 134 valence electrons. The average molecular weight is 406 g/mol. The number of carbonyl (C=O) groups excluding carboxylic acids is 1. The van der Waals surface area contributed by atoms with Gasteiger partial charge in [-0.15, -0.1) is 0 Å². The summed E-state index contributed by atoms with van der Waals surface area (Å²) in [5, 5.41) is 2.83. The number of nitrogens with one attached hydrogen (secondary N) is 1. The van der Waals surface area contributed by atoms with Gasteiger partial charge in [-0.25, -0.2) is 0 Å². The van der Waals surface area contributed by atoms with Gasteiger partial charge in [0.1, 0.15) is 5.75 Å². The standard InChI is InChI=1S/C20H24BrNO3/c1-20(2,3)15-8-9-18(17(21)11-15)25-13-19(23)22-16-7-5-6-14(10-16)12-24-4/h5-11H,12-13H2,1-4H3,(H,22,23). The van der Waals surface area contributed by atoms with E-state index in [1.807, 2.05) is 42.5 Å². The van der Waals surface area contributed by atoms with E-state index in [0.717, 1.165) is 15.7 Å². The molecule has 0 radical (unpaired) electrons. The topological polar surface area (TPSA) is 47.6 Å². The normalized spacial score (nSPS) is 11.2. The number of amides is 1. The number of methoxy groups -OCH3 is 1. The van der Waals surface area contributed by atoms with Crippen LogP contribution in [-0.2, 0) is 21.6 Å². The Bertz CT molecular complexity index is 738. The minimum Gasteiger partial charge on any atom is -0.483 e. The van der Waals surface area contributed by atoms with E-state index in [-0.39, 0.29) is 17.9 Å². The third-order valence-corrected chi connectivity index (χ3v) is 4.30. The summed E-state index contributed by atoms with van der Waals surface area (Å²) >= 11 is 3.51. The van der Waals surface area contributed by atoms with Gasteiger partial charge in [-0.3, -0.25) is 4.79 Å². The zero-order chi connectivity index (χ0) is 18.4. The Kier molecular flexibility index (Phi) is 6.62. The summed E-state index contributed by atoms with van der Waals surface area (Å²) in [6, 6.07) is 13.5. The summed E-state index contributed by atoms with van der Waals surface area (Å²) in [5.74, 6) is 0.442. The van der Waals surface area contributed by atoms with Gasteiger partial charge in [-0.05, 0) is 56.7 Å². The molecule has 0 heterocycles. The van der Waals surface area contributed by atoms with Crippen molar-refractivity contribution in [2.24, 2.45) is 0 Å². The van der Waals surface area contributed by atoms with E-state index in [0.29, 0.717) is 12.4 Å². The number of halogens is 1. The highest BCUT2D eigenvalue weighted by atomic mass is 79.9. The van der Waals surface area contributed by atoms with Gasteiger partial charge in [-0.2, -0.15) is 0 Å². The monoisotopic (exact) mass is 405 g/mol. The Morgan fingerprint density at radius 2 is 1.92 bits per heavy atom. The number of hydrogen-bond acceptors (Lipinski definition) is 3. The molecule has 0 unspecified atom stereocenters. The van der Waals surface area contributed by atoms with Crippen LogP contribution in [0.25, 0.3) is 0 Å². The van der Waals surface area contributed by atoms with Crippen molar-refractivity contribution in [2.75, 3.05) is 19.0 Å². The van der Waals surface area contributed by atoms with Crippen LogP contribution in [0.15, 0.2) is 46.9 Å². The van der Waals surface area contributed by atoms with Crippen LogP contribution < -0.4 is 10.1 Å². The lowest BCUT2D eigenvalue weighted by molar-refractivity contribution is -0.118. The smallest absolute Gasteiger partial charge is 0.262 e. The van der Waals surface area contributed by atoms with Crippen LogP contribution in [0, 0.1) is 0 Å². The van der Waals surface area contributed by atoms with Crippen molar-refractivity contribution in [3.8, 4) is 5.75 Å². The molecule has 0 fully saturated rings. The zero-order valence-electron chi connectivity index (χ0n) is 15.1. The SMILES string of the molecule is COCc1cccc(NC(=O)COc2ccc(C(C)(C)C)cc2Br)c1. The Labute approximate surface area is 157 Å². The number of ether oxygens (including phenoxy) is 2. The summed E-state index contributed by atoms with van der Waals surface area (Å²) in [6.45, 7) is 6.91. The Balaban J connectivity index is 1.95. The molecule has 25 heavy (non-hydrogen) atoms. The summed E-state index contributed by atoms with van der Waals surface area (Å²) in [5.41, 5.74) is 2.99. The average Bonchev–Trinajstić information content (AvgIpc) is 2.53. The first kappa shape index (κ1) is 19.5. The van der Waals surface area contributed by atoms with Crippen molar-refractivity contribution in [3.63, 3.8) is 0 Å². The van der Waals surface area contributed by atoms with E-state index in [4.69, 9.17) is 9.47 Å². The summed E-state index contributed by atoms with van der Waals surface area (Å²) in [6.07, 6.45) is 0. The molecular weight excluding hydrogens is 382 g/mol. The fourth-order valence-corrected chi connectivity index (χ4v) is 2.82. The maximum Gasteiger partial charge on any atom is 0.262 e. The second-order valence-corrected chi connectivity index (χ2v) is 7.72. The van der Waals surface area contributed by atoms with Gasteiger partial charge in [0.25, 0.3) is 5.91 Å². The van der Waals surface area contributed by atoms with Gasteiger partial charge in [0, 0.05) is 12.8 Å². The Hall–Kier alpha value is -1.85. The fraction of sp³-hybridized carbons (Fsp3) is 0.350. The lowest BCUT2D eigenvalue weighted by Gasteiger charge is -2.20. The Morgan fingerprint density at radius 1 is 1.16 bits per heavy atom. The molecule has 0 aliphatic carbocycles. The van der Waals surface area contributed by atoms with Gasteiger partial charge >= 0.3 is 0 Å². The van der Waals surface area contributed by atoms with Crippen molar-refractivity contribution >= 4 is 27.5 Å². The highest BCUT2D eigenvalue weighted by Crippen LogP contribution is 2.31. The molecule has 5 heteroatoms. The van der Waals surface area contributed by atoms with Gasteiger partial charge in [0.2, 0.25) is 0 Å². The first-order chi connectivity index (χ1) is 11.8. The Morgan fingerprint density at radius 3 is 2.56 bits per heavy atom. The maximum absolute atomic E-state index is 12.1. The van der Waals surface area contributed by atoms with Crippen molar-refractivity contribution in [1.82, 2.24) is 0 Å². The van der Waals surface area contributed by atoms with Crippen LogP contribution >= 0.6 is 15.9 Å². The minimum absolute atomic E-state index is 0.0536. The molecule has 0 aromatic heterocycles. The molecule has 0 saturated heterocycles. The lowest BCUT2D eigenvalue weighted by atomic mass is 9.87. The van der Waals surface area contributed by atoms with Crippen LogP contribution in [0.4, 0.5) is 5.69 Å². The van der Waals surface area contributed by atoms with E-state index in [1.54, 1.807) is 7.11 Å². The van der Waals surface area contributed by atoms with E-state index in [1.165, 1.54) is 5.56 Å². The summed E-state index contributed by atoms with van der Waals surface area (Å²) in [4.78, 5) is 12.1. The van der Waals surface area contributed by atoms with Crippen LogP contribution in [0.1, 0.15) is 31.9 Å². The van der Waals surface area contributed by atoms with Crippen LogP contribution in [-0.4, -0.2) is 19.6 Å². The predicted molar refractivity (Wildman–Crippen MR) is 104 cm³/mol. The number of benzene rings is 2. The summed E-state index contributed by atoms with van der Waals surface area (Å²) < 4.78 is 11.6. The first-order valence-electron chi connectivity index (χ1n) is 8.10. The van der Waals surface area contributed by atoms with E-state index in [9.17, 15) is 4.79 Å². The molecule has 0 aliphatic rings. The van der Waals surface area contributed by atoms with Gasteiger partial charge in [0.05, 0.1) is 11.1 Å². The number of rotatable bonds is 6. The highest BCUT2D eigenvalue weighted by Gasteiger charge is 2.15. The second-order valence-electron chi connectivity index (χ2n) is 6.87. The van der Waals surface area contributed by atoms with Gasteiger partial charge in [0.15, 0.2) is 6.61 Å². The molecule has 0 bridgehead atoms. The molecule has 0 aliphatic heterocycles. The molecule has 0 saturated carbocycles. The number of carbonyl (C=O) groups is 1. The molecule has 4 nitrogen and oxygen atoms in total. The molecule has 2 rings (SSSR count). The zero-order valence-corrected chi connectivity index (χ0v) is 16.6. The van der Waals surface area contributed by atoms with Crippen molar-refractivity contribution in [1.29, 1.82) is 0 Å². The van der Waals surface area contributed by atoms with Crippen LogP contribution in [0.5, 0.6) is 5.75 Å². The van der Waals surface area contributed by atoms with E-state index >= 15 is 0 Å². The molecule has 0 spiro atoms. The maximum atomic E-state index is 12.1. The molecule has 1 N–H and O–H groups in total. The fourth-order valence-electron chi connectivity index (χ4n) is 2.33. The van der Waals surface area contributed by atoms with Gasteiger partial charge in [-0.1, -0.05) is 39.0 Å². The largest absolute Gasteiger partial charge is 0.483 e. The minimum atomic E-state index is -0.207. The van der Waals surface area contributed by atoms with Crippen molar-refractivity contribution in [2.45, 2.75) is 32.8 Å². The predicted octanol–water partition coefficient (Wildman–Crippen LogP) is 4.91. The van der Waals surface area contributed by atoms with Crippen molar-refractivity contribution in [3.05, 3.63) is 58.1 Å². The molecule has 0 atom stereocenters. The highest BCUT2D eigenvalue weighted by molar-refractivity contribution is 9.10. The first-order valence-corrected chi connectivity index (χ1v) is 8.89. The number of anilines is 1. The second kappa shape index (κ2) is 8.50. The van der Waals surface area contributed by atoms with Crippen molar-refractivity contribution < 1.29 is 14.3 Å². The van der Waals surface area contributed by atoms with Crippen LogP contribution in [0.2, 0.25) is 0 Å².